The minimum absolute atomic E-state index is 0.0631. The summed E-state index contributed by atoms with van der Waals surface area (Å²) in [5, 5.41) is 0.706. The number of carbonyl (C=O) groups is 1. The number of fused-ring (bicyclic) bond motifs is 1. The van der Waals surface area contributed by atoms with E-state index in [1.54, 1.807) is 24.2 Å². The Morgan fingerprint density at radius 1 is 1.38 bits per heavy atom. The Labute approximate surface area is 143 Å². The van der Waals surface area contributed by atoms with Gasteiger partial charge in [-0.15, -0.1) is 0 Å². The molecule has 124 valence electrons. The molecule has 3 aromatic rings. The van der Waals surface area contributed by atoms with E-state index in [2.05, 4.69) is 4.98 Å². The number of amides is 1. The molecule has 3 heterocycles. The summed E-state index contributed by atoms with van der Waals surface area (Å²) >= 11 is 1.53. The van der Waals surface area contributed by atoms with Crippen molar-refractivity contribution < 1.29 is 13.9 Å². The van der Waals surface area contributed by atoms with Crippen LogP contribution in [0.25, 0.3) is 10.2 Å². The van der Waals surface area contributed by atoms with E-state index in [9.17, 15) is 4.79 Å². The van der Waals surface area contributed by atoms with Crippen LogP contribution in [0.1, 0.15) is 29.0 Å². The molecule has 0 aliphatic carbocycles. The fourth-order valence-electron chi connectivity index (χ4n) is 2.97. The van der Waals surface area contributed by atoms with Gasteiger partial charge in [-0.2, -0.15) is 0 Å². The first-order chi connectivity index (χ1) is 11.7. The van der Waals surface area contributed by atoms with E-state index in [0.717, 1.165) is 29.7 Å². The number of hydrogen-bond donors (Lipinski definition) is 0. The molecule has 24 heavy (non-hydrogen) atoms. The molecule has 0 spiro atoms. The van der Waals surface area contributed by atoms with Crippen LogP contribution < -0.4 is 4.90 Å². The van der Waals surface area contributed by atoms with Crippen molar-refractivity contribution in [3.8, 4) is 0 Å². The Kier molecular flexibility index (Phi) is 4.08. The van der Waals surface area contributed by atoms with Crippen molar-refractivity contribution in [1.82, 2.24) is 4.98 Å². The highest BCUT2D eigenvalue weighted by atomic mass is 32.1. The predicted molar refractivity (Wildman–Crippen MR) is 93.7 cm³/mol. The normalized spacial score (nSPS) is 17.5. The second-order valence-electron chi connectivity index (χ2n) is 5.91. The molecule has 1 amide bonds. The Bertz CT molecular complexity index is 831. The highest BCUT2D eigenvalue weighted by molar-refractivity contribution is 7.22. The van der Waals surface area contributed by atoms with E-state index in [0.29, 0.717) is 23.0 Å². The van der Waals surface area contributed by atoms with Gasteiger partial charge in [-0.05, 0) is 38.0 Å². The fraction of sp³-hybridized carbons (Fsp3) is 0.333. The third-order valence-electron chi connectivity index (χ3n) is 4.26. The molecular formula is C18H18N2O3S. The topological polar surface area (TPSA) is 55.6 Å². The van der Waals surface area contributed by atoms with Crippen LogP contribution in [0, 0.1) is 6.92 Å². The van der Waals surface area contributed by atoms with E-state index in [4.69, 9.17) is 9.15 Å². The predicted octanol–water partition coefficient (Wildman–Crippen LogP) is 4.02. The molecule has 1 fully saturated rings. The van der Waals surface area contributed by atoms with E-state index < -0.39 is 0 Å². The van der Waals surface area contributed by atoms with Gasteiger partial charge in [0.2, 0.25) is 0 Å². The van der Waals surface area contributed by atoms with Gasteiger partial charge in [0.25, 0.3) is 5.91 Å². The van der Waals surface area contributed by atoms with Crippen molar-refractivity contribution in [2.75, 3.05) is 18.1 Å². The number of hydrogen-bond acceptors (Lipinski definition) is 5. The van der Waals surface area contributed by atoms with Gasteiger partial charge in [-0.3, -0.25) is 9.69 Å². The van der Waals surface area contributed by atoms with Crippen molar-refractivity contribution in [3.05, 3.63) is 47.9 Å². The Morgan fingerprint density at radius 2 is 2.25 bits per heavy atom. The average molecular weight is 342 g/mol. The number of ether oxygens (including phenoxy) is 1. The number of thiazole rings is 1. The van der Waals surface area contributed by atoms with Crippen LogP contribution in [0.4, 0.5) is 5.13 Å². The summed E-state index contributed by atoms with van der Waals surface area (Å²) in [5.41, 5.74) is 1.49. The summed E-state index contributed by atoms with van der Waals surface area (Å²) < 4.78 is 12.1. The molecule has 1 aliphatic rings. The number of aromatic nitrogens is 1. The largest absolute Gasteiger partial charge is 0.469 e. The highest BCUT2D eigenvalue weighted by Crippen LogP contribution is 2.31. The molecule has 4 rings (SSSR count). The number of para-hydroxylation sites is 1. The van der Waals surface area contributed by atoms with Gasteiger partial charge in [0.15, 0.2) is 5.13 Å². The lowest BCUT2D eigenvalue weighted by atomic mass is 10.2. The van der Waals surface area contributed by atoms with Crippen LogP contribution in [0.3, 0.4) is 0 Å². The second-order valence-corrected chi connectivity index (χ2v) is 6.91. The number of aryl methyl sites for hydroxylation is 1. The van der Waals surface area contributed by atoms with Crippen molar-refractivity contribution in [3.63, 3.8) is 0 Å². The van der Waals surface area contributed by atoms with E-state index >= 15 is 0 Å². The molecule has 1 saturated heterocycles. The summed E-state index contributed by atoms with van der Waals surface area (Å²) in [6.07, 6.45) is 3.62. The zero-order valence-electron chi connectivity index (χ0n) is 13.4. The number of benzene rings is 1. The lowest BCUT2D eigenvalue weighted by Crippen LogP contribution is -2.37. The Balaban J connectivity index is 1.71. The maximum absolute atomic E-state index is 13.1. The zero-order valence-corrected chi connectivity index (χ0v) is 14.2. The van der Waals surface area contributed by atoms with Gasteiger partial charge >= 0.3 is 0 Å². The summed E-state index contributed by atoms with van der Waals surface area (Å²) in [6, 6.07) is 9.64. The second kappa shape index (κ2) is 6.37. The molecule has 5 nitrogen and oxygen atoms in total. The fourth-order valence-corrected chi connectivity index (χ4v) is 3.94. The molecular weight excluding hydrogens is 324 g/mol. The number of carbonyl (C=O) groups excluding carboxylic acids is 1. The minimum atomic E-state index is -0.0872. The highest BCUT2D eigenvalue weighted by Gasteiger charge is 2.28. The molecule has 2 aromatic heterocycles. The first kappa shape index (κ1) is 15.4. The third-order valence-corrected chi connectivity index (χ3v) is 5.32. The average Bonchev–Trinajstić information content (AvgIpc) is 3.32. The molecule has 1 atom stereocenters. The number of rotatable bonds is 4. The van der Waals surface area contributed by atoms with Gasteiger partial charge in [0, 0.05) is 6.61 Å². The van der Waals surface area contributed by atoms with Gasteiger partial charge in [0.05, 0.1) is 34.7 Å². The summed E-state index contributed by atoms with van der Waals surface area (Å²) in [4.78, 5) is 19.5. The monoisotopic (exact) mass is 342 g/mol. The minimum Gasteiger partial charge on any atom is -0.469 e. The molecule has 0 bridgehead atoms. The van der Waals surface area contributed by atoms with E-state index in [1.165, 1.54) is 11.3 Å². The number of nitrogens with zero attached hydrogens (tertiary/aromatic N) is 2. The SMILES string of the molecule is Cc1occc1C(=O)N(CC1CCCO1)c1nc2ccccc2s1. The van der Waals surface area contributed by atoms with Gasteiger partial charge in [-0.25, -0.2) is 4.98 Å². The molecule has 1 unspecified atom stereocenters. The van der Waals surface area contributed by atoms with Crippen molar-refractivity contribution >= 4 is 32.6 Å². The lowest BCUT2D eigenvalue weighted by molar-refractivity contribution is 0.0916. The lowest BCUT2D eigenvalue weighted by Gasteiger charge is -2.22. The van der Waals surface area contributed by atoms with Gasteiger partial charge < -0.3 is 9.15 Å². The van der Waals surface area contributed by atoms with Crippen LogP contribution in [0.5, 0.6) is 0 Å². The van der Waals surface area contributed by atoms with Crippen LogP contribution >= 0.6 is 11.3 Å². The maximum Gasteiger partial charge on any atom is 0.263 e. The van der Waals surface area contributed by atoms with Crippen LogP contribution in [-0.2, 0) is 4.74 Å². The maximum atomic E-state index is 13.1. The first-order valence-electron chi connectivity index (χ1n) is 8.05. The standard InChI is InChI=1S/C18H18N2O3S/c1-12-14(8-10-22-12)17(21)20(11-13-5-4-9-23-13)18-19-15-6-2-3-7-16(15)24-18/h2-3,6-8,10,13H,4-5,9,11H2,1H3. The number of furan rings is 1. The van der Waals surface area contributed by atoms with Gasteiger partial charge in [0.1, 0.15) is 5.76 Å². The summed E-state index contributed by atoms with van der Waals surface area (Å²) in [5.74, 6) is 0.536. The molecule has 6 heteroatoms. The zero-order chi connectivity index (χ0) is 16.5. The van der Waals surface area contributed by atoms with Gasteiger partial charge in [-0.1, -0.05) is 23.5 Å². The molecule has 0 radical (unpaired) electrons. The molecule has 0 N–H and O–H groups in total. The van der Waals surface area contributed by atoms with Crippen molar-refractivity contribution in [2.24, 2.45) is 0 Å². The molecule has 1 aromatic carbocycles. The summed E-state index contributed by atoms with van der Waals surface area (Å²) in [6.45, 7) is 3.08. The van der Waals surface area contributed by atoms with Crippen LogP contribution in [0.15, 0.2) is 41.0 Å². The van der Waals surface area contributed by atoms with Crippen LogP contribution in [-0.4, -0.2) is 30.1 Å². The summed E-state index contributed by atoms with van der Waals surface area (Å²) in [7, 11) is 0. The quantitative estimate of drug-likeness (QED) is 0.718. The van der Waals surface area contributed by atoms with Crippen molar-refractivity contribution in [2.45, 2.75) is 25.9 Å². The van der Waals surface area contributed by atoms with E-state index in [-0.39, 0.29) is 12.0 Å². The number of anilines is 1. The third kappa shape index (κ3) is 2.83. The Hall–Kier alpha value is -2.18. The van der Waals surface area contributed by atoms with E-state index in [1.807, 2.05) is 24.3 Å². The molecule has 1 aliphatic heterocycles. The molecule has 0 saturated carbocycles. The smallest absolute Gasteiger partial charge is 0.263 e. The Morgan fingerprint density at radius 3 is 2.96 bits per heavy atom. The van der Waals surface area contributed by atoms with Crippen molar-refractivity contribution in [1.29, 1.82) is 0 Å². The van der Waals surface area contributed by atoms with Crippen LogP contribution in [0.2, 0.25) is 0 Å². The first-order valence-corrected chi connectivity index (χ1v) is 8.87.